The molecule has 5 nitrogen and oxygen atoms in total. The van der Waals surface area contributed by atoms with E-state index in [1.54, 1.807) is 12.1 Å². The molecule has 1 aliphatic rings. The maximum atomic E-state index is 12.9. The average molecular weight is 357 g/mol. The highest BCUT2D eigenvalue weighted by Gasteiger charge is 2.15. The van der Waals surface area contributed by atoms with Gasteiger partial charge in [-0.1, -0.05) is 0 Å². The van der Waals surface area contributed by atoms with Gasteiger partial charge in [-0.2, -0.15) is 0 Å². The fourth-order valence-electron chi connectivity index (χ4n) is 3.12. The van der Waals surface area contributed by atoms with Crippen LogP contribution in [-0.4, -0.2) is 32.1 Å². The second kappa shape index (κ2) is 8.56. The molecule has 2 aromatic carbocycles. The van der Waals surface area contributed by atoms with Crippen LogP contribution in [0.25, 0.3) is 0 Å². The van der Waals surface area contributed by atoms with Crippen molar-refractivity contribution in [3.8, 4) is 5.75 Å². The molecule has 138 valence electrons. The van der Waals surface area contributed by atoms with E-state index in [2.05, 4.69) is 10.2 Å². The van der Waals surface area contributed by atoms with E-state index in [0.717, 1.165) is 18.8 Å². The van der Waals surface area contributed by atoms with Gasteiger partial charge in [-0.3, -0.25) is 4.79 Å². The van der Waals surface area contributed by atoms with Crippen molar-refractivity contribution in [2.75, 3.05) is 36.5 Å². The predicted octanol–water partition coefficient (Wildman–Crippen LogP) is 3.41. The number of ether oxygens (including phenoxy) is 1. The molecule has 2 aromatic rings. The summed E-state index contributed by atoms with van der Waals surface area (Å²) in [5.41, 5.74) is 7.77. The van der Waals surface area contributed by atoms with E-state index < -0.39 is 5.91 Å². The van der Waals surface area contributed by atoms with E-state index in [1.165, 1.54) is 31.4 Å². The summed E-state index contributed by atoms with van der Waals surface area (Å²) >= 11 is 0. The Morgan fingerprint density at radius 2 is 1.85 bits per heavy atom. The van der Waals surface area contributed by atoms with E-state index in [-0.39, 0.29) is 5.82 Å². The van der Waals surface area contributed by atoms with Crippen LogP contribution >= 0.6 is 0 Å². The lowest BCUT2D eigenvalue weighted by Crippen LogP contribution is -2.29. The monoisotopic (exact) mass is 357 g/mol. The topological polar surface area (TPSA) is 67.6 Å². The number of halogens is 1. The lowest BCUT2D eigenvalue weighted by atomic mass is 10.1. The molecule has 0 saturated carbocycles. The molecule has 0 aliphatic carbocycles. The molecule has 3 rings (SSSR count). The third kappa shape index (κ3) is 4.65. The minimum Gasteiger partial charge on any atom is -0.492 e. The van der Waals surface area contributed by atoms with Gasteiger partial charge >= 0.3 is 0 Å². The van der Waals surface area contributed by atoms with Crippen molar-refractivity contribution in [1.82, 2.24) is 0 Å². The largest absolute Gasteiger partial charge is 0.492 e. The number of nitrogens with two attached hydrogens (primary N) is 1. The zero-order valence-electron chi connectivity index (χ0n) is 14.7. The van der Waals surface area contributed by atoms with Crippen molar-refractivity contribution >= 4 is 17.3 Å². The molecular weight excluding hydrogens is 333 g/mol. The highest BCUT2D eigenvalue weighted by Crippen LogP contribution is 2.25. The first-order valence-corrected chi connectivity index (χ1v) is 8.94. The Balaban J connectivity index is 1.59. The summed E-state index contributed by atoms with van der Waals surface area (Å²) in [5.74, 6) is -0.148. The zero-order valence-corrected chi connectivity index (χ0v) is 14.7. The van der Waals surface area contributed by atoms with E-state index in [0.29, 0.717) is 30.2 Å². The molecule has 26 heavy (non-hydrogen) atoms. The van der Waals surface area contributed by atoms with Gasteiger partial charge in [-0.05, 0) is 61.7 Å². The normalized spacial score (nSPS) is 14.1. The molecule has 0 aromatic heterocycles. The number of amides is 1. The summed E-state index contributed by atoms with van der Waals surface area (Å²) in [6.07, 6.45) is 3.60. The van der Waals surface area contributed by atoms with E-state index in [4.69, 9.17) is 10.5 Å². The van der Waals surface area contributed by atoms with Crippen LogP contribution in [0.5, 0.6) is 5.75 Å². The summed E-state index contributed by atoms with van der Waals surface area (Å²) < 4.78 is 18.4. The van der Waals surface area contributed by atoms with Gasteiger partial charge in [0.25, 0.3) is 5.91 Å². The number of nitrogens with one attached hydrogen (secondary N) is 1. The second-order valence-electron chi connectivity index (χ2n) is 6.37. The first kappa shape index (κ1) is 18.0. The number of carbonyl (C=O) groups is 1. The second-order valence-corrected chi connectivity index (χ2v) is 6.37. The molecule has 6 heteroatoms. The van der Waals surface area contributed by atoms with Gasteiger partial charge in [0.15, 0.2) is 0 Å². The quantitative estimate of drug-likeness (QED) is 0.745. The van der Waals surface area contributed by atoms with E-state index in [1.807, 2.05) is 18.2 Å². The van der Waals surface area contributed by atoms with Crippen LogP contribution in [0.15, 0.2) is 42.5 Å². The zero-order chi connectivity index (χ0) is 18.4. The average Bonchev–Trinajstić information content (AvgIpc) is 2.67. The number of rotatable bonds is 7. The Kier molecular flexibility index (Phi) is 5.94. The summed E-state index contributed by atoms with van der Waals surface area (Å²) in [5, 5.41) is 3.19. The predicted molar refractivity (Wildman–Crippen MR) is 101 cm³/mol. The van der Waals surface area contributed by atoms with Gasteiger partial charge in [0, 0.05) is 31.0 Å². The molecule has 1 saturated heterocycles. The maximum absolute atomic E-state index is 12.9. The van der Waals surface area contributed by atoms with Crippen LogP contribution in [0.4, 0.5) is 15.8 Å². The number of benzene rings is 2. The Hall–Kier alpha value is -2.76. The molecule has 1 fully saturated rings. The van der Waals surface area contributed by atoms with Crippen molar-refractivity contribution in [3.63, 3.8) is 0 Å². The SMILES string of the molecule is NC(=O)c1cc(N2CCCCC2)ccc1NCCOc1ccc(F)cc1. The molecule has 3 N–H and O–H groups in total. The number of carbonyl (C=O) groups excluding carboxylic acids is 1. The minimum absolute atomic E-state index is 0.296. The highest BCUT2D eigenvalue weighted by atomic mass is 19.1. The van der Waals surface area contributed by atoms with Gasteiger partial charge in [-0.15, -0.1) is 0 Å². The first-order valence-electron chi connectivity index (χ1n) is 8.94. The van der Waals surface area contributed by atoms with Crippen molar-refractivity contribution in [2.45, 2.75) is 19.3 Å². The Morgan fingerprint density at radius 1 is 1.12 bits per heavy atom. The molecule has 0 bridgehead atoms. The number of primary amides is 1. The molecule has 0 spiro atoms. The van der Waals surface area contributed by atoms with Crippen LogP contribution in [0, 0.1) is 5.82 Å². The maximum Gasteiger partial charge on any atom is 0.250 e. The number of anilines is 2. The van der Waals surface area contributed by atoms with Gasteiger partial charge in [0.1, 0.15) is 18.2 Å². The summed E-state index contributed by atoms with van der Waals surface area (Å²) in [4.78, 5) is 14.1. The number of hydrogen-bond acceptors (Lipinski definition) is 4. The smallest absolute Gasteiger partial charge is 0.250 e. The van der Waals surface area contributed by atoms with Gasteiger partial charge in [-0.25, -0.2) is 4.39 Å². The van der Waals surface area contributed by atoms with Gasteiger partial charge in [0.2, 0.25) is 0 Å². The summed E-state index contributed by atoms with van der Waals surface area (Å²) in [7, 11) is 0. The van der Waals surface area contributed by atoms with Gasteiger partial charge in [0.05, 0.1) is 5.56 Å². The van der Waals surface area contributed by atoms with Crippen molar-refractivity contribution in [3.05, 3.63) is 53.8 Å². The van der Waals surface area contributed by atoms with Crippen molar-refractivity contribution < 1.29 is 13.9 Å². The van der Waals surface area contributed by atoms with Crippen molar-refractivity contribution in [1.29, 1.82) is 0 Å². The fourth-order valence-corrected chi connectivity index (χ4v) is 3.12. The Morgan fingerprint density at radius 3 is 2.54 bits per heavy atom. The minimum atomic E-state index is -0.453. The third-order valence-electron chi connectivity index (χ3n) is 4.49. The highest BCUT2D eigenvalue weighted by molar-refractivity contribution is 5.99. The van der Waals surface area contributed by atoms with Gasteiger partial charge < -0.3 is 20.7 Å². The molecule has 0 radical (unpaired) electrons. The number of piperidine rings is 1. The van der Waals surface area contributed by atoms with Crippen LogP contribution in [0.1, 0.15) is 29.6 Å². The van der Waals surface area contributed by atoms with Crippen molar-refractivity contribution in [2.24, 2.45) is 5.73 Å². The summed E-state index contributed by atoms with van der Waals surface area (Å²) in [6, 6.07) is 11.6. The first-order chi connectivity index (χ1) is 12.6. The molecule has 1 aliphatic heterocycles. The van der Waals surface area contributed by atoms with Crippen LogP contribution in [0.3, 0.4) is 0 Å². The molecule has 0 unspecified atom stereocenters. The van der Waals surface area contributed by atoms with Crippen LogP contribution in [0.2, 0.25) is 0 Å². The summed E-state index contributed by atoms with van der Waals surface area (Å²) in [6.45, 7) is 2.91. The molecule has 0 atom stereocenters. The fraction of sp³-hybridized carbons (Fsp3) is 0.350. The number of nitrogens with zero attached hydrogens (tertiary/aromatic N) is 1. The molecule has 1 amide bonds. The number of hydrogen-bond donors (Lipinski definition) is 2. The Labute approximate surface area is 152 Å². The van der Waals surface area contributed by atoms with Crippen LogP contribution < -0.4 is 20.7 Å². The lowest BCUT2D eigenvalue weighted by molar-refractivity contribution is 0.100. The Bertz CT molecular complexity index is 743. The van der Waals surface area contributed by atoms with E-state index in [9.17, 15) is 9.18 Å². The van der Waals surface area contributed by atoms with Crippen LogP contribution in [-0.2, 0) is 0 Å². The molecular formula is C20H24FN3O2. The lowest BCUT2D eigenvalue weighted by Gasteiger charge is -2.29. The third-order valence-corrected chi connectivity index (χ3v) is 4.49. The molecule has 1 heterocycles. The van der Waals surface area contributed by atoms with E-state index >= 15 is 0 Å². The standard InChI is InChI=1S/C20H24FN3O2/c21-15-4-7-17(8-5-15)26-13-10-23-19-9-6-16(14-18(19)20(22)25)24-11-2-1-3-12-24/h4-9,14,23H,1-3,10-13H2,(H2,22,25).